The fourth-order valence-electron chi connectivity index (χ4n) is 1.32. The number of nitrogens with one attached hydrogen (secondary N) is 2. The first-order chi connectivity index (χ1) is 8.15. The summed E-state index contributed by atoms with van der Waals surface area (Å²) >= 11 is 0. The highest BCUT2D eigenvalue weighted by molar-refractivity contribution is 5.55. The first-order valence-electron chi connectivity index (χ1n) is 5.10. The van der Waals surface area contributed by atoms with Crippen LogP contribution in [-0.4, -0.2) is 29.0 Å². The summed E-state index contributed by atoms with van der Waals surface area (Å²) in [4.78, 5) is 24.1. The zero-order valence-electron chi connectivity index (χ0n) is 9.64. The number of H-pyrrole nitrogens is 1. The molecule has 17 heavy (non-hydrogen) atoms. The van der Waals surface area contributed by atoms with E-state index in [-0.39, 0.29) is 5.43 Å². The van der Waals surface area contributed by atoms with Crippen LogP contribution in [0.25, 0.3) is 0 Å². The van der Waals surface area contributed by atoms with Gasteiger partial charge in [0.15, 0.2) is 5.43 Å². The summed E-state index contributed by atoms with van der Waals surface area (Å²) in [7, 11) is 3.80. The molecular weight excluding hydrogens is 218 g/mol. The number of rotatable bonds is 3. The summed E-state index contributed by atoms with van der Waals surface area (Å²) in [5.74, 6) is 2.02. The maximum absolute atomic E-state index is 11.2. The van der Waals surface area contributed by atoms with Crippen molar-refractivity contribution in [1.82, 2.24) is 15.0 Å². The van der Waals surface area contributed by atoms with Gasteiger partial charge < -0.3 is 15.2 Å². The molecule has 0 atom stereocenters. The van der Waals surface area contributed by atoms with Crippen LogP contribution >= 0.6 is 0 Å². The molecular formula is C11H13N5O. The summed E-state index contributed by atoms with van der Waals surface area (Å²) in [5, 5.41) is 3.01. The molecule has 0 amide bonds. The van der Waals surface area contributed by atoms with E-state index in [1.54, 1.807) is 12.3 Å². The monoisotopic (exact) mass is 231 g/mol. The molecule has 0 aliphatic heterocycles. The Hall–Kier alpha value is -2.37. The highest BCUT2D eigenvalue weighted by atomic mass is 16.1. The molecule has 2 aromatic heterocycles. The smallest absolute Gasteiger partial charge is 0.183 e. The van der Waals surface area contributed by atoms with E-state index in [4.69, 9.17) is 0 Å². The van der Waals surface area contributed by atoms with Crippen LogP contribution in [0.15, 0.2) is 35.5 Å². The Morgan fingerprint density at radius 1 is 1.29 bits per heavy atom. The Kier molecular flexibility index (Phi) is 3.04. The van der Waals surface area contributed by atoms with Gasteiger partial charge in [-0.2, -0.15) is 0 Å². The van der Waals surface area contributed by atoms with Crippen LogP contribution in [0.5, 0.6) is 0 Å². The van der Waals surface area contributed by atoms with Gasteiger partial charge in [0.05, 0.1) is 0 Å². The van der Waals surface area contributed by atoms with Gasteiger partial charge in [-0.1, -0.05) is 0 Å². The van der Waals surface area contributed by atoms with Gasteiger partial charge in [0.1, 0.15) is 23.8 Å². The molecule has 2 heterocycles. The zero-order chi connectivity index (χ0) is 12.3. The van der Waals surface area contributed by atoms with Crippen molar-refractivity contribution in [2.75, 3.05) is 24.3 Å². The third kappa shape index (κ3) is 2.81. The van der Waals surface area contributed by atoms with Gasteiger partial charge in [-0.15, -0.1) is 0 Å². The molecule has 0 saturated carbocycles. The standard InChI is InChI=1S/C11H13N5O/c1-16(2)11-6-10(13-7-14-11)15-9-5-8(17)3-4-12-9/h3-7H,1-2H3,(H2,12,13,14,15,17). The molecule has 6 nitrogen and oxygen atoms in total. The van der Waals surface area contributed by atoms with Crippen LogP contribution in [-0.2, 0) is 0 Å². The molecule has 2 N–H and O–H groups in total. The minimum Gasteiger partial charge on any atom is -0.363 e. The van der Waals surface area contributed by atoms with E-state index in [0.29, 0.717) is 11.6 Å². The molecule has 0 unspecified atom stereocenters. The Morgan fingerprint density at radius 2 is 2.12 bits per heavy atom. The van der Waals surface area contributed by atoms with Gasteiger partial charge in [-0.05, 0) is 0 Å². The third-order valence-corrected chi connectivity index (χ3v) is 2.15. The minimum atomic E-state index is -0.0619. The van der Waals surface area contributed by atoms with Gasteiger partial charge >= 0.3 is 0 Å². The van der Waals surface area contributed by atoms with Crippen molar-refractivity contribution in [3.05, 3.63) is 40.9 Å². The van der Waals surface area contributed by atoms with Gasteiger partial charge in [-0.3, -0.25) is 4.79 Å². The Balaban J connectivity index is 2.24. The molecule has 88 valence electrons. The van der Waals surface area contributed by atoms with Crippen molar-refractivity contribution in [2.45, 2.75) is 0 Å². The maximum atomic E-state index is 11.2. The minimum absolute atomic E-state index is 0.0619. The number of hydrogen-bond donors (Lipinski definition) is 2. The third-order valence-electron chi connectivity index (χ3n) is 2.15. The van der Waals surface area contributed by atoms with Crippen molar-refractivity contribution in [3.8, 4) is 0 Å². The molecule has 0 aromatic carbocycles. The highest BCUT2D eigenvalue weighted by Gasteiger charge is 2.01. The fourth-order valence-corrected chi connectivity index (χ4v) is 1.32. The SMILES string of the molecule is CN(C)c1cc(Nc2cc(=O)cc[nH]2)ncn1. The maximum Gasteiger partial charge on any atom is 0.183 e. The molecule has 2 aromatic rings. The normalized spacial score (nSPS) is 10.0. The number of aromatic amines is 1. The predicted octanol–water partition coefficient (Wildman–Crippen LogP) is 0.974. The number of hydrogen-bond acceptors (Lipinski definition) is 5. The summed E-state index contributed by atoms with van der Waals surface area (Å²) in [6, 6.07) is 4.72. The lowest BCUT2D eigenvalue weighted by molar-refractivity contribution is 1.04. The van der Waals surface area contributed by atoms with Crippen LogP contribution in [0.1, 0.15) is 0 Å². The van der Waals surface area contributed by atoms with Crippen LogP contribution < -0.4 is 15.6 Å². The number of pyridine rings is 1. The molecule has 0 saturated heterocycles. The van der Waals surface area contributed by atoms with Crippen LogP contribution in [0.3, 0.4) is 0 Å². The van der Waals surface area contributed by atoms with E-state index in [2.05, 4.69) is 20.3 Å². The average Bonchev–Trinajstić information content (AvgIpc) is 2.29. The van der Waals surface area contributed by atoms with Gasteiger partial charge in [0, 0.05) is 38.5 Å². The Morgan fingerprint density at radius 3 is 2.82 bits per heavy atom. The van der Waals surface area contributed by atoms with Gasteiger partial charge in [0.25, 0.3) is 0 Å². The van der Waals surface area contributed by atoms with Gasteiger partial charge in [0.2, 0.25) is 0 Å². The van der Waals surface area contributed by atoms with Crippen LogP contribution in [0.2, 0.25) is 0 Å². The second-order valence-corrected chi connectivity index (χ2v) is 3.72. The molecule has 0 radical (unpaired) electrons. The second kappa shape index (κ2) is 4.65. The Labute approximate surface area is 98.3 Å². The quantitative estimate of drug-likeness (QED) is 0.823. The molecule has 0 aliphatic rings. The summed E-state index contributed by atoms with van der Waals surface area (Å²) in [5.41, 5.74) is -0.0619. The lowest BCUT2D eigenvalue weighted by atomic mass is 10.4. The van der Waals surface area contributed by atoms with Crippen molar-refractivity contribution < 1.29 is 0 Å². The van der Waals surface area contributed by atoms with Crippen LogP contribution in [0.4, 0.5) is 17.5 Å². The fraction of sp³-hybridized carbons (Fsp3) is 0.182. The van der Waals surface area contributed by atoms with E-state index in [1.165, 1.54) is 18.5 Å². The molecule has 0 aliphatic carbocycles. The molecule has 6 heteroatoms. The molecule has 0 fully saturated rings. The number of nitrogens with zero attached hydrogens (tertiary/aromatic N) is 3. The molecule has 0 bridgehead atoms. The van der Waals surface area contributed by atoms with E-state index in [0.717, 1.165) is 5.82 Å². The summed E-state index contributed by atoms with van der Waals surface area (Å²) < 4.78 is 0. The number of anilines is 3. The van der Waals surface area contributed by atoms with Crippen molar-refractivity contribution in [1.29, 1.82) is 0 Å². The first-order valence-corrected chi connectivity index (χ1v) is 5.10. The van der Waals surface area contributed by atoms with E-state index in [1.807, 2.05) is 19.0 Å². The van der Waals surface area contributed by atoms with Crippen molar-refractivity contribution in [2.24, 2.45) is 0 Å². The highest BCUT2D eigenvalue weighted by Crippen LogP contribution is 2.14. The first kappa shape index (κ1) is 11.1. The molecule has 2 rings (SSSR count). The number of aromatic nitrogens is 3. The average molecular weight is 231 g/mol. The predicted molar refractivity (Wildman–Crippen MR) is 66.7 cm³/mol. The Bertz CT molecular complexity index is 564. The molecule has 0 spiro atoms. The lowest BCUT2D eigenvalue weighted by Gasteiger charge is -2.12. The van der Waals surface area contributed by atoms with Gasteiger partial charge in [-0.25, -0.2) is 9.97 Å². The van der Waals surface area contributed by atoms with E-state index >= 15 is 0 Å². The van der Waals surface area contributed by atoms with Crippen molar-refractivity contribution >= 4 is 17.5 Å². The van der Waals surface area contributed by atoms with Crippen LogP contribution in [0, 0.1) is 0 Å². The summed E-state index contributed by atoms with van der Waals surface area (Å²) in [6.07, 6.45) is 3.05. The van der Waals surface area contributed by atoms with E-state index in [9.17, 15) is 4.79 Å². The van der Waals surface area contributed by atoms with Crippen molar-refractivity contribution in [3.63, 3.8) is 0 Å². The second-order valence-electron chi connectivity index (χ2n) is 3.72. The van der Waals surface area contributed by atoms with E-state index < -0.39 is 0 Å². The zero-order valence-corrected chi connectivity index (χ0v) is 9.64. The topological polar surface area (TPSA) is 73.9 Å². The summed E-state index contributed by atoms with van der Waals surface area (Å²) in [6.45, 7) is 0. The lowest BCUT2D eigenvalue weighted by Crippen LogP contribution is -2.11. The largest absolute Gasteiger partial charge is 0.363 e.